The third kappa shape index (κ3) is 5.92. The molecule has 164 valence electrons. The molecule has 0 fully saturated rings. The molecule has 2 aromatic heterocycles. The van der Waals surface area contributed by atoms with E-state index in [-0.39, 0.29) is 29.8 Å². The SMILES string of the molecule is O=C(NCc1ccco1)c1ccc(CN(Cc2ccc(F)cc2)Cc2cccc(F)c2)o1. The normalized spacial score (nSPS) is 11.1. The Kier molecular flexibility index (Phi) is 6.77. The molecule has 2 aromatic carbocycles. The molecular weight excluding hydrogens is 414 g/mol. The van der Waals surface area contributed by atoms with Crippen molar-refractivity contribution in [2.75, 3.05) is 0 Å². The maximum Gasteiger partial charge on any atom is 0.287 e. The Balaban J connectivity index is 1.45. The van der Waals surface area contributed by atoms with E-state index >= 15 is 0 Å². The van der Waals surface area contributed by atoms with Crippen molar-refractivity contribution in [2.45, 2.75) is 26.2 Å². The van der Waals surface area contributed by atoms with Gasteiger partial charge in [0.05, 0.1) is 19.4 Å². The standard InChI is InChI=1S/C25H22F2N2O3/c26-20-8-6-18(7-9-20)15-29(16-19-3-1-4-21(27)13-19)17-23-10-11-24(32-23)25(30)28-14-22-5-2-12-31-22/h1-13H,14-17H2,(H,28,30). The quantitative estimate of drug-likeness (QED) is 0.388. The molecule has 0 unspecified atom stereocenters. The Hall–Kier alpha value is -3.71. The monoisotopic (exact) mass is 436 g/mol. The maximum absolute atomic E-state index is 13.7. The van der Waals surface area contributed by atoms with Gasteiger partial charge in [-0.15, -0.1) is 0 Å². The zero-order valence-corrected chi connectivity index (χ0v) is 17.3. The van der Waals surface area contributed by atoms with Gasteiger partial charge in [-0.3, -0.25) is 9.69 Å². The van der Waals surface area contributed by atoms with Gasteiger partial charge in [-0.25, -0.2) is 8.78 Å². The lowest BCUT2D eigenvalue weighted by atomic mass is 10.1. The van der Waals surface area contributed by atoms with Crippen molar-refractivity contribution in [3.8, 4) is 0 Å². The maximum atomic E-state index is 13.7. The molecule has 0 spiro atoms. The van der Waals surface area contributed by atoms with Crippen LogP contribution >= 0.6 is 0 Å². The van der Waals surface area contributed by atoms with Crippen molar-refractivity contribution < 1.29 is 22.4 Å². The summed E-state index contributed by atoms with van der Waals surface area (Å²) in [4.78, 5) is 14.4. The van der Waals surface area contributed by atoms with Crippen molar-refractivity contribution >= 4 is 5.91 Å². The molecule has 0 aliphatic carbocycles. The van der Waals surface area contributed by atoms with Crippen LogP contribution in [-0.4, -0.2) is 10.8 Å². The highest BCUT2D eigenvalue weighted by Gasteiger charge is 2.15. The van der Waals surface area contributed by atoms with Gasteiger partial charge >= 0.3 is 0 Å². The topological polar surface area (TPSA) is 58.6 Å². The lowest BCUT2D eigenvalue weighted by Crippen LogP contribution is -2.23. The first kappa shape index (κ1) is 21.5. The third-order valence-corrected chi connectivity index (χ3v) is 4.88. The van der Waals surface area contributed by atoms with Gasteiger partial charge in [0.1, 0.15) is 23.2 Å². The average Bonchev–Trinajstić information content (AvgIpc) is 3.46. The molecule has 0 saturated carbocycles. The molecule has 2 heterocycles. The van der Waals surface area contributed by atoms with Gasteiger partial charge in [0.15, 0.2) is 5.76 Å². The van der Waals surface area contributed by atoms with E-state index in [0.29, 0.717) is 31.2 Å². The molecule has 0 aliphatic rings. The molecule has 0 radical (unpaired) electrons. The van der Waals surface area contributed by atoms with Crippen LogP contribution in [0, 0.1) is 11.6 Å². The Bertz CT molecular complexity index is 1150. The molecule has 0 aliphatic heterocycles. The molecule has 1 amide bonds. The molecule has 0 saturated heterocycles. The van der Waals surface area contributed by atoms with Gasteiger partial charge in [0.2, 0.25) is 0 Å². The van der Waals surface area contributed by atoms with Crippen LogP contribution in [0.4, 0.5) is 8.78 Å². The predicted molar refractivity (Wildman–Crippen MR) is 114 cm³/mol. The minimum absolute atomic E-state index is 0.194. The number of carbonyl (C=O) groups excluding carboxylic acids is 1. The molecule has 5 nitrogen and oxygen atoms in total. The predicted octanol–water partition coefficient (Wildman–Crippen LogP) is 5.28. The van der Waals surface area contributed by atoms with Crippen molar-refractivity contribution in [3.05, 3.63) is 119 Å². The van der Waals surface area contributed by atoms with Crippen molar-refractivity contribution in [2.24, 2.45) is 0 Å². The molecule has 0 atom stereocenters. The van der Waals surface area contributed by atoms with Gasteiger partial charge in [-0.1, -0.05) is 24.3 Å². The summed E-state index contributed by atoms with van der Waals surface area (Å²) in [7, 11) is 0. The minimum atomic E-state index is -0.345. The van der Waals surface area contributed by atoms with Gasteiger partial charge < -0.3 is 14.2 Å². The van der Waals surface area contributed by atoms with Crippen LogP contribution in [0.25, 0.3) is 0 Å². The van der Waals surface area contributed by atoms with Crippen LogP contribution in [0.5, 0.6) is 0 Å². The lowest BCUT2D eigenvalue weighted by Gasteiger charge is -2.21. The summed E-state index contributed by atoms with van der Waals surface area (Å²) in [6, 6.07) is 19.5. The van der Waals surface area contributed by atoms with E-state index < -0.39 is 0 Å². The third-order valence-electron chi connectivity index (χ3n) is 4.88. The molecular formula is C25H22F2N2O3. The van der Waals surface area contributed by atoms with Crippen LogP contribution in [0.1, 0.15) is 33.2 Å². The number of benzene rings is 2. The van der Waals surface area contributed by atoms with E-state index in [1.54, 1.807) is 48.7 Å². The van der Waals surface area contributed by atoms with Crippen LogP contribution in [0.15, 0.2) is 87.9 Å². The number of amides is 1. The van der Waals surface area contributed by atoms with E-state index in [0.717, 1.165) is 11.1 Å². The lowest BCUT2D eigenvalue weighted by molar-refractivity contribution is 0.0915. The fourth-order valence-corrected chi connectivity index (χ4v) is 3.38. The molecule has 4 aromatic rings. The largest absolute Gasteiger partial charge is 0.467 e. The molecule has 7 heteroatoms. The molecule has 0 bridgehead atoms. The van der Waals surface area contributed by atoms with Gasteiger partial charge in [0, 0.05) is 13.1 Å². The number of carbonyl (C=O) groups is 1. The summed E-state index contributed by atoms with van der Waals surface area (Å²) in [6.07, 6.45) is 1.54. The highest BCUT2D eigenvalue weighted by molar-refractivity contribution is 5.91. The van der Waals surface area contributed by atoms with Crippen molar-refractivity contribution in [1.82, 2.24) is 10.2 Å². The summed E-state index contributed by atoms with van der Waals surface area (Å²) in [5.74, 6) is 0.471. The first-order chi connectivity index (χ1) is 15.5. The van der Waals surface area contributed by atoms with Crippen molar-refractivity contribution in [1.29, 1.82) is 0 Å². The second kappa shape index (κ2) is 10.1. The zero-order valence-electron chi connectivity index (χ0n) is 17.3. The first-order valence-corrected chi connectivity index (χ1v) is 10.2. The smallest absolute Gasteiger partial charge is 0.287 e. The average molecular weight is 436 g/mol. The number of halogens is 2. The number of hydrogen-bond acceptors (Lipinski definition) is 4. The summed E-state index contributed by atoms with van der Waals surface area (Å²) < 4.78 is 37.9. The number of rotatable bonds is 9. The fourth-order valence-electron chi connectivity index (χ4n) is 3.38. The summed E-state index contributed by atoms with van der Waals surface area (Å²) in [5, 5.41) is 2.74. The molecule has 4 rings (SSSR count). The van der Waals surface area contributed by atoms with Gasteiger partial charge in [-0.05, 0) is 59.7 Å². The summed E-state index contributed by atoms with van der Waals surface area (Å²) in [5.41, 5.74) is 1.71. The molecule has 1 N–H and O–H groups in total. The van der Waals surface area contributed by atoms with Gasteiger partial charge in [0.25, 0.3) is 5.91 Å². The van der Waals surface area contributed by atoms with E-state index in [4.69, 9.17) is 8.83 Å². The highest BCUT2D eigenvalue weighted by atomic mass is 19.1. The number of nitrogens with zero attached hydrogens (tertiary/aromatic N) is 1. The van der Waals surface area contributed by atoms with Crippen LogP contribution in [0.2, 0.25) is 0 Å². The van der Waals surface area contributed by atoms with Crippen LogP contribution in [-0.2, 0) is 26.2 Å². The minimum Gasteiger partial charge on any atom is -0.467 e. The van der Waals surface area contributed by atoms with Crippen molar-refractivity contribution in [3.63, 3.8) is 0 Å². The molecule has 32 heavy (non-hydrogen) atoms. The number of hydrogen-bond donors (Lipinski definition) is 1. The van der Waals surface area contributed by atoms with E-state index in [1.807, 2.05) is 11.0 Å². The summed E-state index contributed by atoms with van der Waals surface area (Å²) in [6.45, 7) is 1.60. The highest BCUT2D eigenvalue weighted by Crippen LogP contribution is 2.17. The number of nitrogens with one attached hydrogen (secondary N) is 1. The zero-order chi connectivity index (χ0) is 22.3. The first-order valence-electron chi connectivity index (χ1n) is 10.2. The number of furan rings is 2. The van der Waals surface area contributed by atoms with Gasteiger partial charge in [-0.2, -0.15) is 0 Å². The van der Waals surface area contributed by atoms with Crippen LogP contribution in [0.3, 0.4) is 0 Å². The van der Waals surface area contributed by atoms with E-state index in [1.165, 1.54) is 24.3 Å². The Morgan fingerprint density at radius 3 is 2.38 bits per heavy atom. The van der Waals surface area contributed by atoms with Crippen LogP contribution < -0.4 is 5.32 Å². The Morgan fingerprint density at radius 2 is 1.62 bits per heavy atom. The second-order valence-corrected chi connectivity index (χ2v) is 7.43. The fraction of sp³-hybridized carbons (Fsp3) is 0.160. The summed E-state index contributed by atoms with van der Waals surface area (Å²) >= 11 is 0. The Morgan fingerprint density at radius 1 is 0.812 bits per heavy atom. The Labute approximate surface area is 184 Å². The van der Waals surface area contributed by atoms with E-state index in [2.05, 4.69) is 5.32 Å². The van der Waals surface area contributed by atoms with E-state index in [9.17, 15) is 13.6 Å². The second-order valence-electron chi connectivity index (χ2n) is 7.43.